The molecule has 8 heteroatoms. The van der Waals surface area contributed by atoms with Crippen molar-refractivity contribution in [1.82, 2.24) is 9.97 Å². The number of aryl methyl sites for hydroxylation is 2. The van der Waals surface area contributed by atoms with Crippen LogP contribution in [0.15, 0.2) is 53.9 Å². The highest BCUT2D eigenvalue weighted by molar-refractivity contribution is 7.16. The zero-order chi connectivity index (χ0) is 23.7. The number of nitrogens with one attached hydrogen (secondary N) is 1. The van der Waals surface area contributed by atoms with Crippen LogP contribution in [0, 0.1) is 10.1 Å². The molecule has 2 aromatic heterocycles. The van der Waals surface area contributed by atoms with Gasteiger partial charge in [-0.3, -0.25) is 10.1 Å². The Hall–Kier alpha value is -3.78. The average molecular weight is 473 g/mol. The summed E-state index contributed by atoms with van der Waals surface area (Å²) in [6.07, 6.45) is 5.89. The number of rotatable bonds is 6. The third kappa shape index (κ3) is 4.01. The monoisotopic (exact) mass is 472 g/mol. The molecular formula is C26H24N4O3S. The van der Waals surface area contributed by atoms with Gasteiger partial charge in [0.05, 0.1) is 23.4 Å². The molecule has 1 aliphatic carbocycles. The van der Waals surface area contributed by atoms with Gasteiger partial charge in [-0.15, -0.1) is 11.3 Å². The molecule has 34 heavy (non-hydrogen) atoms. The second-order valence-electron chi connectivity index (χ2n) is 8.12. The summed E-state index contributed by atoms with van der Waals surface area (Å²) in [5.74, 6) is 0.891. The summed E-state index contributed by atoms with van der Waals surface area (Å²) in [5, 5.41) is 17.8. The van der Waals surface area contributed by atoms with E-state index in [4.69, 9.17) is 14.7 Å². The third-order valence-electron chi connectivity index (χ3n) is 6.11. The minimum atomic E-state index is -0.370. The zero-order valence-corrected chi connectivity index (χ0v) is 19.8. The fourth-order valence-electron chi connectivity index (χ4n) is 4.44. The molecule has 0 bridgehead atoms. The van der Waals surface area contributed by atoms with Gasteiger partial charge in [0.2, 0.25) is 5.95 Å². The molecule has 0 saturated carbocycles. The van der Waals surface area contributed by atoms with E-state index < -0.39 is 0 Å². The van der Waals surface area contributed by atoms with Gasteiger partial charge in [0.15, 0.2) is 0 Å². The third-order valence-corrected chi connectivity index (χ3v) is 6.92. The number of methoxy groups -OCH3 is 1. The molecule has 2 aromatic carbocycles. The predicted octanol–water partition coefficient (Wildman–Crippen LogP) is 6.68. The molecule has 1 aliphatic rings. The molecule has 5 rings (SSSR count). The van der Waals surface area contributed by atoms with Crippen molar-refractivity contribution in [1.29, 1.82) is 0 Å². The molecule has 0 saturated heterocycles. The van der Waals surface area contributed by atoms with Gasteiger partial charge in [0, 0.05) is 22.6 Å². The maximum atomic E-state index is 11.6. The maximum absolute atomic E-state index is 11.6. The highest BCUT2D eigenvalue weighted by Crippen LogP contribution is 2.38. The Balaban J connectivity index is 1.64. The minimum Gasteiger partial charge on any atom is -0.495 e. The van der Waals surface area contributed by atoms with Gasteiger partial charge in [-0.2, -0.15) is 0 Å². The molecule has 1 N–H and O–H groups in total. The second-order valence-corrected chi connectivity index (χ2v) is 9.01. The molecule has 0 atom stereocenters. The van der Waals surface area contributed by atoms with Gasteiger partial charge in [0.1, 0.15) is 10.6 Å². The fraction of sp³-hybridized carbons (Fsp3) is 0.231. The number of nitro groups is 1. The number of allylic oxidation sites excluding steroid dienone is 1. The van der Waals surface area contributed by atoms with Gasteiger partial charge < -0.3 is 10.1 Å². The lowest BCUT2D eigenvalue weighted by Gasteiger charge is -2.15. The van der Waals surface area contributed by atoms with Gasteiger partial charge in [-0.1, -0.05) is 37.3 Å². The lowest BCUT2D eigenvalue weighted by Crippen LogP contribution is -2.05. The van der Waals surface area contributed by atoms with Crippen LogP contribution >= 0.6 is 11.3 Å². The quantitative estimate of drug-likeness (QED) is 0.249. The van der Waals surface area contributed by atoms with Crippen LogP contribution in [-0.4, -0.2) is 22.0 Å². The highest BCUT2D eigenvalue weighted by atomic mass is 32.1. The first-order valence-corrected chi connectivity index (χ1v) is 12.1. The molecule has 0 amide bonds. The van der Waals surface area contributed by atoms with Crippen molar-refractivity contribution in [2.45, 2.75) is 32.6 Å². The lowest BCUT2D eigenvalue weighted by molar-refractivity contribution is -0.385. The van der Waals surface area contributed by atoms with Crippen molar-refractivity contribution in [3.05, 3.63) is 86.4 Å². The Morgan fingerprint density at radius 1 is 1.21 bits per heavy atom. The van der Waals surface area contributed by atoms with E-state index in [-0.39, 0.29) is 10.6 Å². The van der Waals surface area contributed by atoms with Gasteiger partial charge >= 0.3 is 0 Å². The smallest absolute Gasteiger partial charge is 0.274 e. The number of ether oxygens (including phenoxy) is 1. The number of nitro benzene ring substituents is 1. The van der Waals surface area contributed by atoms with Crippen LogP contribution in [0.2, 0.25) is 0 Å². The Kier molecular flexibility index (Phi) is 5.98. The summed E-state index contributed by atoms with van der Waals surface area (Å²) < 4.78 is 5.53. The highest BCUT2D eigenvalue weighted by Gasteiger charge is 2.21. The molecule has 172 valence electrons. The van der Waals surface area contributed by atoms with E-state index in [1.165, 1.54) is 17.2 Å². The predicted molar refractivity (Wildman–Crippen MR) is 136 cm³/mol. The Bertz CT molecular complexity index is 1430. The van der Waals surface area contributed by atoms with E-state index in [1.54, 1.807) is 24.5 Å². The Morgan fingerprint density at radius 2 is 2.06 bits per heavy atom. The molecular weight excluding hydrogens is 448 g/mol. The van der Waals surface area contributed by atoms with E-state index in [2.05, 4.69) is 41.7 Å². The first kappa shape index (κ1) is 22.0. The summed E-state index contributed by atoms with van der Waals surface area (Å²) in [4.78, 5) is 21.7. The molecule has 2 heterocycles. The summed E-state index contributed by atoms with van der Waals surface area (Å²) in [6, 6.07) is 13.7. The topological polar surface area (TPSA) is 90.2 Å². The molecule has 4 aromatic rings. The first-order chi connectivity index (χ1) is 16.6. The maximum Gasteiger partial charge on any atom is 0.274 e. The van der Waals surface area contributed by atoms with E-state index >= 15 is 0 Å². The first-order valence-electron chi connectivity index (χ1n) is 11.3. The largest absolute Gasteiger partial charge is 0.495 e. The van der Waals surface area contributed by atoms with Gasteiger partial charge in [-0.05, 0) is 54.3 Å². The summed E-state index contributed by atoms with van der Waals surface area (Å²) >= 11 is 1.54. The number of hydrogen-bond acceptors (Lipinski definition) is 7. The van der Waals surface area contributed by atoms with Crippen LogP contribution in [0.3, 0.4) is 0 Å². The minimum absolute atomic E-state index is 0.0450. The Morgan fingerprint density at radius 3 is 2.85 bits per heavy atom. The molecule has 7 nitrogen and oxygen atoms in total. The van der Waals surface area contributed by atoms with Crippen molar-refractivity contribution < 1.29 is 9.66 Å². The van der Waals surface area contributed by atoms with E-state index in [1.807, 2.05) is 12.3 Å². The van der Waals surface area contributed by atoms with Gasteiger partial charge in [0.25, 0.3) is 5.69 Å². The Labute approximate surface area is 201 Å². The van der Waals surface area contributed by atoms with Crippen LogP contribution < -0.4 is 10.1 Å². The average Bonchev–Trinajstić information content (AvgIpc) is 3.22. The number of nitrogens with zero attached hydrogens (tertiary/aromatic N) is 3. The SMILES string of the molecule is CCc1cc(OC)c(Nc2nc(C3=CCCCc4ccccc43)c3ccsc3n2)cc1[N+](=O)[O-]. The molecule has 0 fully saturated rings. The second kappa shape index (κ2) is 9.23. The molecule has 0 unspecified atom stereocenters. The van der Waals surface area contributed by atoms with E-state index in [9.17, 15) is 10.1 Å². The molecule has 0 radical (unpaired) electrons. The van der Waals surface area contributed by atoms with Crippen LogP contribution in [0.25, 0.3) is 15.8 Å². The summed E-state index contributed by atoms with van der Waals surface area (Å²) in [5.41, 5.74) is 5.59. The number of fused-ring (bicyclic) bond motifs is 2. The summed E-state index contributed by atoms with van der Waals surface area (Å²) in [6.45, 7) is 1.88. The van der Waals surface area contributed by atoms with Crippen LogP contribution in [0.4, 0.5) is 17.3 Å². The van der Waals surface area contributed by atoms with Crippen LogP contribution in [0.1, 0.15) is 42.1 Å². The van der Waals surface area contributed by atoms with Crippen molar-refractivity contribution in [3.63, 3.8) is 0 Å². The number of aromatic nitrogens is 2. The number of hydrogen-bond donors (Lipinski definition) is 1. The van der Waals surface area contributed by atoms with Crippen LogP contribution in [0.5, 0.6) is 5.75 Å². The lowest BCUT2D eigenvalue weighted by atomic mass is 9.96. The summed E-state index contributed by atoms with van der Waals surface area (Å²) in [7, 11) is 1.55. The van der Waals surface area contributed by atoms with Crippen molar-refractivity contribution in [3.8, 4) is 5.75 Å². The number of benzene rings is 2. The standard InChI is InChI=1S/C26H24N4O3S/c1-3-16-14-23(33-2)21(15-22(16)30(31)32)27-26-28-24(20-12-13-34-25(20)29-26)19-11-7-5-9-17-8-4-6-10-18(17)19/h4,6,8,10-15H,3,5,7,9H2,1-2H3,(H,27,28,29). The fourth-order valence-corrected chi connectivity index (χ4v) is 5.21. The number of anilines is 2. The van der Waals surface area contributed by atoms with Crippen LogP contribution in [-0.2, 0) is 12.8 Å². The van der Waals surface area contributed by atoms with Crippen molar-refractivity contribution in [2.24, 2.45) is 0 Å². The molecule has 0 spiro atoms. The number of thiophene rings is 1. The normalized spacial score (nSPS) is 13.2. The van der Waals surface area contributed by atoms with Crippen molar-refractivity contribution in [2.75, 3.05) is 12.4 Å². The van der Waals surface area contributed by atoms with E-state index in [0.29, 0.717) is 29.4 Å². The van der Waals surface area contributed by atoms with Crippen molar-refractivity contribution >= 4 is 44.4 Å². The van der Waals surface area contributed by atoms with E-state index in [0.717, 1.165) is 40.7 Å². The van der Waals surface area contributed by atoms with Gasteiger partial charge in [-0.25, -0.2) is 9.97 Å². The zero-order valence-electron chi connectivity index (χ0n) is 19.0. The molecule has 0 aliphatic heterocycles.